The number of benzene rings is 2. The average Bonchev–Trinajstić information content (AvgIpc) is 3.31. The number of anilines is 2. The Morgan fingerprint density at radius 2 is 1.61 bits per heavy atom. The molecule has 2 saturated heterocycles. The molecule has 0 aliphatic carbocycles. The molecule has 0 saturated carbocycles. The van der Waals surface area contributed by atoms with E-state index in [1.165, 1.54) is 18.5 Å². The van der Waals surface area contributed by atoms with Gasteiger partial charge in [0.05, 0.1) is 6.54 Å². The molecule has 6 heteroatoms. The Labute approximate surface area is 184 Å². The van der Waals surface area contributed by atoms with Crippen LogP contribution < -0.4 is 15.5 Å². The van der Waals surface area contributed by atoms with Crippen molar-refractivity contribution >= 4 is 23.2 Å². The summed E-state index contributed by atoms with van der Waals surface area (Å²) >= 11 is 0. The lowest BCUT2D eigenvalue weighted by Gasteiger charge is -2.32. The summed E-state index contributed by atoms with van der Waals surface area (Å²) in [5.74, 6) is 0.00277. The lowest BCUT2D eigenvalue weighted by molar-refractivity contribution is -0.117. The van der Waals surface area contributed by atoms with E-state index < -0.39 is 0 Å². The molecule has 164 valence electrons. The Morgan fingerprint density at radius 3 is 2.29 bits per heavy atom. The van der Waals surface area contributed by atoms with Crippen molar-refractivity contribution < 1.29 is 9.59 Å². The molecule has 2 heterocycles. The summed E-state index contributed by atoms with van der Waals surface area (Å²) in [5.41, 5.74) is 3.79. The Morgan fingerprint density at radius 1 is 0.935 bits per heavy atom. The number of hydrogen-bond donors (Lipinski definition) is 2. The van der Waals surface area contributed by atoms with E-state index in [1.807, 2.05) is 43.3 Å². The Bertz CT molecular complexity index is 898. The number of piperidine rings is 1. The molecule has 2 aliphatic rings. The summed E-state index contributed by atoms with van der Waals surface area (Å²) in [5, 5.41) is 6.16. The molecule has 2 fully saturated rings. The van der Waals surface area contributed by atoms with Gasteiger partial charge >= 0.3 is 0 Å². The first-order valence-corrected chi connectivity index (χ1v) is 11.3. The molecule has 2 N–H and O–H groups in total. The lowest BCUT2D eigenvalue weighted by atomic mass is 10.0. The maximum atomic E-state index is 12.5. The third kappa shape index (κ3) is 5.64. The molecule has 31 heavy (non-hydrogen) atoms. The number of nitrogens with zero attached hydrogens (tertiary/aromatic N) is 2. The normalized spacial score (nSPS) is 17.5. The molecule has 2 amide bonds. The second kappa shape index (κ2) is 9.96. The van der Waals surface area contributed by atoms with E-state index in [0.29, 0.717) is 6.54 Å². The van der Waals surface area contributed by atoms with Crippen LogP contribution in [0, 0.1) is 6.92 Å². The molecule has 6 nitrogen and oxygen atoms in total. The van der Waals surface area contributed by atoms with E-state index in [4.69, 9.17) is 0 Å². The van der Waals surface area contributed by atoms with Gasteiger partial charge in [0.1, 0.15) is 0 Å². The molecule has 2 aromatic rings. The molecule has 0 atom stereocenters. The molecule has 0 bridgehead atoms. The standard InChI is InChI=1S/C25H32N4O2/c1-19-6-2-3-7-23(19)25(31)27-21-12-16-28(17-13-21)18-24(30)26-20-8-10-22(11-9-20)29-14-4-5-15-29/h2-3,6-11,21H,4-5,12-18H2,1H3,(H,26,30)(H,27,31). The van der Waals surface area contributed by atoms with Crippen molar-refractivity contribution in [1.29, 1.82) is 0 Å². The van der Waals surface area contributed by atoms with E-state index in [9.17, 15) is 9.59 Å². The highest BCUT2D eigenvalue weighted by Crippen LogP contribution is 2.22. The minimum atomic E-state index is -0.00771. The summed E-state index contributed by atoms with van der Waals surface area (Å²) in [6.07, 6.45) is 4.22. The number of hydrogen-bond acceptors (Lipinski definition) is 4. The molecule has 2 aromatic carbocycles. The number of nitrogens with one attached hydrogen (secondary N) is 2. The molecule has 0 spiro atoms. The van der Waals surface area contributed by atoms with E-state index in [1.54, 1.807) is 0 Å². The number of rotatable bonds is 6. The van der Waals surface area contributed by atoms with E-state index in [-0.39, 0.29) is 17.9 Å². The van der Waals surface area contributed by atoms with Crippen LogP contribution in [0.15, 0.2) is 48.5 Å². The Hall–Kier alpha value is -2.86. The van der Waals surface area contributed by atoms with Crippen molar-refractivity contribution in [3.05, 3.63) is 59.7 Å². The van der Waals surface area contributed by atoms with E-state index in [2.05, 4.69) is 32.6 Å². The van der Waals surface area contributed by atoms with Crippen LogP contribution in [-0.4, -0.2) is 55.5 Å². The van der Waals surface area contributed by atoms with Crippen molar-refractivity contribution in [3.8, 4) is 0 Å². The van der Waals surface area contributed by atoms with Gasteiger partial charge in [-0.05, 0) is 68.5 Å². The Kier molecular flexibility index (Phi) is 6.87. The van der Waals surface area contributed by atoms with Gasteiger partial charge in [0.2, 0.25) is 5.91 Å². The van der Waals surface area contributed by atoms with Gasteiger partial charge in [-0.2, -0.15) is 0 Å². The molecule has 2 aliphatic heterocycles. The summed E-state index contributed by atoms with van der Waals surface area (Å²) in [4.78, 5) is 29.5. The van der Waals surface area contributed by atoms with Crippen LogP contribution >= 0.6 is 0 Å². The molecule has 4 rings (SSSR count). The second-order valence-corrected chi connectivity index (χ2v) is 8.63. The minimum absolute atomic E-state index is 0.00771. The van der Waals surface area contributed by atoms with Gasteiger partial charge in [0.15, 0.2) is 0 Å². The van der Waals surface area contributed by atoms with Crippen LogP contribution in [0.2, 0.25) is 0 Å². The topological polar surface area (TPSA) is 64.7 Å². The van der Waals surface area contributed by atoms with Crippen LogP contribution in [-0.2, 0) is 4.79 Å². The minimum Gasteiger partial charge on any atom is -0.372 e. The molecule has 0 radical (unpaired) electrons. The van der Waals surface area contributed by atoms with Crippen LogP contribution in [0.5, 0.6) is 0 Å². The quantitative estimate of drug-likeness (QED) is 0.752. The summed E-state index contributed by atoms with van der Waals surface area (Å²) in [6, 6.07) is 16.0. The third-order valence-corrected chi connectivity index (χ3v) is 6.30. The predicted molar refractivity (Wildman–Crippen MR) is 125 cm³/mol. The summed E-state index contributed by atoms with van der Waals surface area (Å²) in [7, 11) is 0. The van der Waals surface area contributed by atoms with Crippen LogP contribution in [0.1, 0.15) is 41.6 Å². The zero-order valence-electron chi connectivity index (χ0n) is 18.3. The van der Waals surface area contributed by atoms with Gasteiger partial charge in [0.25, 0.3) is 5.91 Å². The SMILES string of the molecule is Cc1ccccc1C(=O)NC1CCN(CC(=O)Nc2ccc(N3CCCC3)cc2)CC1. The maximum absolute atomic E-state index is 12.5. The van der Waals surface area contributed by atoms with Crippen molar-refractivity contribution in [1.82, 2.24) is 10.2 Å². The molecule has 0 aromatic heterocycles. The lowest BCUT2D eigenvalue weighted by Crippen LogP contribution is -2.46. The predicted octanol–water partition coefficient (Wildman–Crippen LogP) is 3.43. The number of carbonyl (C=O) groups excluding carboxylic acids is 2. The number of aryl methyl sites for hydroxylation is 1. The van der Waals surface area contributed by atoms with Crippen LogP contribution in [0.25, 0.3) is 0 Å². The Balaban J connectivity index is 1.20. The van der Waals surface area contributed by atoms with Crippen molar-refractivity contribution in [2.45, 2.75) is 38.6 Å². The van der Waals surface area contributed by atoms with Crippen molar-refractivity contribution in [2.24, 2.45) is 0 Å². The zero-order valence-corrected chi connectivity index (χ0v) is 18.3. The first kappa shape index (κ1) is 21.4. The first-order valence-electron chi connectivity index (χ1n) is 11.3. The van der Waals surface area contributed by atoms with Gasteiger partial charge in [-0.3, -0.25) is 14.5 Å². The molecular formula is C25H32N4O2. The highest BCUT2D eigenvalue weighted by molar-refractivity contribution is 5.95. The summed E-state index contributed by atoms with van der Waals surface area (Å²) < 4.78 is 0. The first-order chi connectivity index (χ1) is 15.1. The largest absolute Gasteiger partial charge is 0.372 e. The number of amides is 2. The fourth-order valence-corrected chi connectivity index (χ4v) is 4.46. The monoisotopic (exact) mass is 420 g/mol. The molecular weight excluding hydrogens is 388 g/mol. The van der Waals surface area contributed by atoms with E-state index >= 15 is 0 Å². The highest BCUT2D eigenvalue weighted by atomic mass is 16.2. The highest BCUT2D eigenvalue weighted by Gasteiger charge is 2.23. The van der Waals surface area contributed by atoms with Gasteiger partial charge in [-0.15, -0.1) is 0 Å². The van der Waals surface area contributed by atoms with Crippen molar-refractivity contribution in [3.63, 3.8) is 0 Å². The fourth-order valence-electron chi connectivity index (χ4n) is 4.46. The van der Waals surface area contributed by atoms with Gasteiger partial charge in [-0.1, -0.05) is 18.2 Å². The summed E-state index contributed by atoms with van der Waals surface area (Å²) in [6.45, 7) is 6.18. The van der Waals surface area contributed by atoms with Crippen LogP contribution in [0.3, 0.4) is 0 Å². The third-order valence-electron chi connectivity index (χ3n) is 6.30. The number of carbonyl (C=O) groups is 2. The van der Waals surface area contributed by atoms with Gasteiger partial charge in [-0.25, -0.2) is 0 Å². The smallest absolute Gasteiger partial charge is 0.251 e. The zero-order chi connectivity index (χ0) is 21.6. The second-order valence-electron chi connectivity index (χ2n) is 8.63. The van der Waals surface area contributed by atoms with E-state index in [0.717, 1.165) is 55.8 Å². The number of likely N-dealkylation sites (tertiary alicyclic amines) is 1. The van der Waals surface area contributed by atoms with Gasteiger partial charge < -0.3 is 15.5 Å². The molecule has 0 unspecified atom stereocenters. The van der Waals surface area contributed by atoms with Crippen LogP contribution in [0.4, 0.5) is 11.4 Å². The average molecular weight is 421 g/mol. The maximum Gasteiger partial charge on any atom is 0.251 e. The fraction of sp³-hybridized carbons (Fsp3) is 0.440. The van der Waals surface area contributed by atoms with Crippen molar-refractivity contribution in [2.75, 3.05) is 42.9 Å². The van der Waals surface area contributed by atoms with Gasteiger partial charge in [0, 0.05) is 49.2 Å².